The van der Waals surface area contributed by atoms with Gasteiger partial charge in [-0.3, -0.25) is 24.1 Å². The fourth-order valence-corrected chi connectivity index (χ4v) is 3.82. The second-order valence-corrected chi connectivity index (χ2v) is 8.26. The lowest BCUT2D eigenvalue weighted by Gasteiger charge is -2.31. The molecule has 10 heteroatoms. The lowest BCUT2D eigenvalue weighted by atomic mass is 10.0. The third-order valence-corrected chi connectivity index (χ3v) is 5.52. The Morgan fingerprint density at radius 3 is 2.16 bits per heavy atom. The second-order valence-electron chi connectivity index (χ2n) is 8.26. The molecule has 0 aliphatic carbocycles. The maximum Gasteiger partial charge on any atom is 0.287 e. The van der Waals surface area contributed by atoms with Crippen molar-refractivity contribution >= 4 is 35.0 Å². The average molecular weight is 515 g/mol. The van der Waals surface area contributed by atoms with Crippen LogP contribution in [0, 0.1) is 0 Å². The number of nitrogens with one attached hydrogen (secondary N) is 3. The number of rotatable bonds is 10. The van der Waals surface area contributed by atoms with E-state index in [0.717, 1.165) is 0 Å². The number of amides is 4. The van der Waals surface area contributed by atoms with Gasteiger partial charge in [0.2, 0.25) is 17.7 Å². The molecule has 0 unspecified atom stereocenters. The van der Waals surface area contributed by atoms with Gasteiger partial charge in [-0.25, -0.2) is 0 Å². The Labute approximate surface area is 218 Å². The molecular weight excluding hydrogens is 488 g/mol. The van der Waals surface area contributed by atoms with E-state index in [4.69, 9.17) is 8.83 Å². The number of carbonyl (C=O) groups excluding carboxylic acids is 4. The highest BCUT2D eigenvalue weighted by Crippen LogP contribution is 2.29. The number of carbonyl (C=O) groups is 4. The van der Waals surface area contributed by atoms with Gasteiger partial charge in [0, 0.05) is 18.3 Å². The van der Waals surface area contributed by atoms with E-state index in [2.05, 4.69) is 16.0 Å². The number of nitrogens with zero attached hydrogens (tertiary/aromatic N) is 1. The molecule has 2 aromatic heterocycles. The van der Waals surface area contributed by atoms with Crippen LogP contribution >= 0.6 is 0 Å². The predicted molar refractivity (Wildman–Crippen MR) is 139 cm³/mol. The van der Waals surface area contributed by atoms with Crippen LogP contribution in [0.3, 0.4) is 0 Å². The average Bonchev–Trinajstić information content (AvgIpc) is 3.64. The zero-order valence-electron chi connectivity index (χ0n) is 20.5. The maximum atomic E-state index is 13.6. The summed E-state index contributed by atoms with van der Waals surface area (Å²) in [4.78, 5) is 52.4. The summed E-state index contributed by atoms with van der Waals surface area (Å²) in [5.41, 5.74) is 1.47. The summed E-state index contributed by atoms with van der Waals surface area (Å²) in [5, 5.41) is 8.05. The zero-order chi connectivity index (χ0) is 26.9. The summed E-state index contributed by atoms with van der Waals surface area (Å²) in [7, 11) is 0. The van der Waals surface area contributed by atoms with Crippen molar-refractivity contribution in [2.24, 2.45) is 0 Å². The summed E-state index contributed by atoms with van der Waals surface area (Å²) in [6, 6.07) is 20.7. The number of hydrogen-bond donors (Lipinski definition) is 3. The standard InChI is InChI=1S/C28H26N4O6/c1-19(33)31-21-11-13-22(14-12-21)32(25(34)18-30-27(35)24-10-6-16-38-24)26(20-7-3-2-4-8-20)28(36)29-17-23-9-5-15-37-23/h2-16,26H,17-18H2,1H3,(H,29,36)(H,30,35)(H,31,33)/t26-/m1/s1. The Morgan fingerprint density at radius 1 is 0.816 bits per heavy atom. The van der Waals surface area contributed by atoms with Crippen molar-refractivity contribution in [1.82, 2.24) is 10.6 Å². The minimum atomic E-state index is -1.08. The van der Waals surface area contributed by atoms with Crippen LogP contribution in [-0.4, -0.2) is 30.2 Å². The van der Waals surface area contributed by atoms with Crippen LogP contribution < -0.4 is 20.9 Å². The Bertz CT molecular complexity index is 1370. The van der Waals surface area contributed by atoms with Crippen LogP contribution in [0.4, 0.5) is 11.4 Å². The monoisotopic (exact) mass is 514 g/mol. The molecule has 0 saturated heterocycles. The SMILES string of the molecule is CC(=O)Nc1ccc(N(C(=O)CNC(=O)c2ccco2)[C@@H](C(=O)NCc2ccco2)c2ccccc2)cc1. The van der Waals surface area contributed by atoms with Gasteiger partial charge < -0.3 is 24.8 Å². The number of hydrogen-bond acceptors (Lipinski definition) is 6. The maximum absolute atomic E-state index is 13.6. The Morgan fingerprint density at radius 2 is 1.53 bits per heavy atom. The van der Waals surface area contributed by atoms with E-state index in [1.807, 2.05) is 0 Å². The Balaban J connectivity index is 1.66. The number of benzene rings is 2. The van der Waals surface area contributed by atoms with E-state index in [-0.39, 0.29) is 18.2 Å². The molecule has 10 nitrogen and oxygen atoms in total. The molecule has 4 aromatic rings. The molecule has 2 heterocycles. The van der Waals surface area contributed by atoms with Crippen LogP contribution in [0.5, 0.6) is 0 Å². The molecule has 0 spiro atoms. The molecular formula is C28H26N4O6. The van der Waals surface area contributed by atoms with Gasteiger partial charge in [0.25, 0.3) is 5.91 Å². The van der Waals surface area contributed by atoms with Crippen molar-refractivity contribution in [2.75, 3.05) is 16.8 Å². The van der Waals surface area contributed by atoms with E-state index >= 15 is 0 Å². The highest BCUT2D eigenvalue weighted by Gasteiger charge is 2.33. The fraction of sp³-hybridized carbons (Fsp3) is 0.143. The normalized spacial score (nSPS) is 11.3. The van der Waals surface area contributed by atoms with Crippen LogP contribution in [0.15, 0.2) is 100 Å². The van der Waals surface area contributed by atoms with Gasteiger partial charge in [0.15, 0.2) is 5.76 Å². The molecule has 0 fully saturated rings. The third-order valence-electron chi connectivity index (χ3n) is 5.52. The number of anilines is 2. The first-order valence-corrected chi connectivity index (χ1v) is 11.8. The topological polar surface area (TPSA) is 134 Å². The highest BCUT2D eigenvalue weighted by atomic mass is 16.3. The molecule has 3 N–H and O–H groups in total. The molecule has 38 heavy (non-hydrogen) atoms. The van der Waals surface area contributed by atoms with Crippen molar-refractivity contribution < 1.29 is 28.0 Å². The quantitative estimate of drug-likeness (QED) is 0.296. The molecule has 4 rings (SSSR count). The summed E-state index contributed by atoms with van der Waals surface area (Å²) in [6.07, 6.45) is 2.86. The van der Waals surface area contributed by atoms with Crippen LogP contribution in [-0.2, 0) is 20.9 Å². The summed E-state index contributed by atoms with van der Waals surface area (Å²) < 4.78 is 10.4. The van der Waals surface area contributed by atoms with E-state index in [1.54, 1.807) is 72.8 Å². The van der Waals surface area contributed by atoms with Gasteiger partial charge in [-0.1, -0.05) is 30.3 Å². The molecule has 2 aromatic carbocycles. The largest absolute Gasteiger partial charge is 0.467 e. The van der Waals surface area contributed by atoms with Gasteiger partial charge in [-0.05, 0) is 54.1 Å². The van der Waals surface area contributed by atoms with Crippen LogP contribution in [0.25, 0.3) is 0 Å². The number of furan rings is 2. The predicted octanol–water partition coefficient (Wildman–Crippen LogP) is 3.65. The van der Waals surface area contributed by atoms with Gasteiger partial charge in [-0.2, -0.15) is 0 Å². The van der Waals surface area contributed by atoms with E-state index in [9.17, 15) is 19.2 Å². The summed E-state index contributed by atoms with van der Waals surface area (Å²) >= 11 is 0. The minimum absolute atomic E-state index is 0.0554. The van der Waals surface area contributed by atoms with Crippen LogP contribution in [0.2, 0.25) is 0 Å². The Hall–Kier alpha value is -5.12. The third kappa shape index (κ3) is 6.55. The molecule has 0 bridgehead atoms. The zero-order valence-corrected chi connectivity index (χ0v) is 20.5. The molecule has 194 valence electrons. The van der Waals surface area contributed by atoms with Crippen molar-refractivity contribution in [2.45, 2.75) is 19.5 Å². The van der Waals surface area contributed by atoms with Gasteiger partial charge in [-0.15, -0.1) is 0 Å². The second kappa shape index (κ2) is 12.2. The van der Waals surface area contributed by atoms with Gasteiger partial charge in [0.1, 0.15) is 11.8 Å². The molecule has 0 saturated carbocycles. The first-order chi connectivity index (χ1) is 18.4. The van der Waals surface area contributed by atoms with E-state index in [0.29, 0.717) is 22.7 Å². The fourth-order valence-electron chi connectivity index (χ4n) is 3.82. The van der Waals surface area contributed by atoms with Gasteiger partial charge >= 0.3 is 0 Å². The van der Waals surface area contributed by atoms with Crippen molar-refractivity contribution in [3.05, 3.63) is 108 Å². The lowest BCUT2D eigenvalue weighted by Crippen LogP contribution is -2.47. The van der Waals surface area contributed by atoms with Crippen molar-refractivity contribution in [1.29, 1.82) is 0 Å². The first-order valence-electron chi connectivity index (χ1n) is 11.8. The molecule has 0 radical (unpaired) electrons. The molecule has 0 aliphatic heterocycles. The first kappa shape index (κ1) is 26.0. The molecule has 1 atom stereocenters. The minimum Gasteiger partial charge on any atom is -0.467 e. The lowest BCUT2D eigenvalue weighted by molar-refractivity contribution is -0.126. The van der Waals surface area contributed by atoms with E-state index < -0.39 is 30.3 Å². The highest BCUT2D eigenvalue weighted by molar-refractivity contribution is 6.04. The smallest absolute Gasteiger partial charge is 0.287 e. The summed E-state index contributed by atoms with van der Waals surface area (Å²) in [6.45, 7) is 1.11. The molecule has 4 amide bonds. The Kier molecular flexibility index (Phi) is 8.35. The van der Waals surface area contributed by atoms with Crippen molar-refractivity contribution in [3.63, 3.8) is 0 Å². The molecule has 0 aliphatic rings. The van der Waals surface area contributed by atoms with Crippen LogP contribution in [0.1, 0.15) is 34.8 Å². The van der Waals surface area contributed by atoms with E-state index in [1.165, 1.54) is 30.4 Å². The summed E-state index contributed by atoms with van der Waals surface area (Å²) in [5.74, 6) is -1.20. The van der Waals surface area contributed by atoms with Crippen molar-refractivity contribution in [3.8, 4) is 0 Å². The van der Waals surface area contributed by atoms with Gasteiger partial charge in [0.05, 0.1) is 25.6 Å².